The van der Waals surface area contributed by atoms with Crippen LogP contribution in [0.1, 0.15) is 52.9 Å². The number of amides is 2. The van der Waals surface area contributed by atoms with Gasteiger partial charge in [0.25, 0.3) is 5.91 Å². The minimum Gasteiger partial charge on any atom is -0.278 e. The Hall–Kier alpha value is -2.25. The van der Waals surface area contributed by atoms with Gasteiger partial charge in [0.05, 0.1) is 5.25 Å². The zero-order chi connectivity index (χ0) is 20.5. The van der Waals surface area contributed by atoms with Gasteiger partial charge in [-0.1, -0.05) is 36.4 Å². The summed E-state index contributed by atoms with van der Waals surface area (Å²) in [6.45, 7) is 0.483. The van der Waals surface area contributed by atoms with E-state index in [4.69, 9.17) is 0 Å². The fraction of sp³-hybridized carbons (Fsp3) is 0.391. The molecule has 2 amide bonds. The van der Waals surface area contributed by atoms with Gasteiger partial charge in [0, 0.05) is 22.4 Å². The van der Waals surface area contributed by atoms with E-state index in [1.165, 1.54) is 39.9 Å². The second-order valence-electron chi connectivity index (χ2n) is 7.83. The van der Waals surface area contributed by atoms with Crippen molar-refractivity contribution >= 4 is 45.1 Å². The van der Waals surface area contributed by atoms with Crippen LogP contribution in [0.2, 0.25) is 0 Å². The number of carbonyl (C=O) groups excluding carboxylic acids is 2. The van der Waals surface area contributed by atoms with Crippen LogP contribution in [0.25, 0.3) is 10.2 Å². The molecule has 1 aromatic carbocycles. The van der Waals surface area contributed by atoms with Crippen molar-refractivity contribution in [1.29, 1.82) is 0 Å². The van der Waals surface area contributed by atoms with Crippen molar-refractivity contribution in [3.8, 4) is 0 Å². The van der Waals surface area contributed by atoms with E-state index in [0.717, 1.165) is 47.3 Å². The van der Waals surface area contributed by atoms with Crippen LogP contribution in [0.3, 0.4) is 0 Å². The molecule has 1 saturated heterocycles. The summed E-state index contributed by atoms with van der Waals surface area (Å²) in [5, 5.41) is 1.74. The standard InChI is InChI=1S/C23H23N3O2S2/c27-22(15-8-2-1-3-9-15)26-13-7-6-12-18(23(26)28)30-21-19-16-10-4-5-11-17(16)29-20(19)24-14-25-21/h1-3,8-9,14,18H,4-7,10-13H2/t18-/m1/s1. The van der Waals surface area contributed by atoms with Crippen LogP contribution < -0.4 is 0 Å². The van der Waals surface area contributed by atoms with Crippen LogP contribution in [0.5, 0.6) is 0 Å². The first-order valence-electron chi connectivity index (χ1n) is 10.5. The highest BCUT2D eigenvalue weighted by atomic mass is 32.2. The predicted molar refractivity (Wildman–Crippen MR) is 120 cm³/mol. The molecule has 5 rings (SSSR count). The molecule has 2 aliphatic rings. The number of rotatable bonds is 3. The van der Waals surface area contributed by atoms with Crippen molar-refractivity contribution in [3.05, 3.63) is 52.7 Å². The van der Waals surface area contributed by atoms with E-state index in [1.807, 2.05) is 18.2 Å². The Labute approximate surface area is 183 Å². The highest BCUT2D eigenvalue weighted by molar-refractivity contribution is 8.00. The monoisotopic (exact) mass is 437 g/mol. The number of fused-ring (bicyclic) bond motifs is 3. The van der Waals surface area contributed by atoms with Gasteiger partial charge < -0.3 is 0 Å². The number of likely N-dealkylation sites (tertiary alicyclic amines) is 1. The third-order valence-corrected chi connectivity index (χ3v) is 8.33. The number of aromatic nitrogens is 2. The van der Waals surface area contributed by atoms with Gasteiger partial charge in [0.1, 0.15) is 16.2 Å². The van der Waals surface area contributed by atoms with Crippen molar-refractivity contribution in [2.24, 2.45) is 0 Å². The topological polar surface area (TPSA) is 63.2 Å². The molecular formula is C23H23N3O2S2. The first-order chi connectivity index (χ1) is 14.7. The van der Waals surface area contributed by atoms with Gasteiger partial charge in [-0.15, -0.1) is 11.3 Å². The largest absolute Gasteiger partial charge is 0.278 e. The molecule has 1 fully saturated rings. The number of imide groups is 1. The Bertz CT molecular complexity index is 1100. The molecule has 0 saturated carbocycles. The van der Waals surface area contributed by atoms with Crippen molar-refractivity contribution in [3.63, 3.8) is 0 Å². The fourth-order valence-corrected chi connectivity index (χ4v) is 6.86. The maximum atomic E-state index is 13.4. The van der Waals surface area contributed by atoms with Crippen LogP contribution in [0.4, 0.5) is 0 Å². The van der Waals surface area contributed by atoms with Crippen LogP contribution in [0.15, 0.2) is 41.7 Å². The molecule has 0 unspecified atom stereocenters. The number of thioether (sulfide) groups is 1. The number of aryl methyl sites for hydroxylation is 2. The normalized spacial score (nSPS) is 19.5. The molecule has 1 aliphatic heterocycles. The van der Waals surface area contributed by atoms with Crippen molar-refractivity contribution in [2.75, 3.05) is 6.54 Å². The summed E-state index contributed by atoms with van der Waals surface area (Å²) < 4.78 is 0. The van der Waals surface area contributed by atoms with Gasteiger partial charge in [0.15, 0.2) is 0 Å². The number of hydrogen-bond acceptors (Lipinski definition) is 6. The lowest BCUT2D eigenvalue weighted by atomic mass is 9.97. The molecule has 154 valence electrons. The molecule has 3 heterocycles. The summed E-state index contributed by atoms with van der Waals surface area (Å²) in [6.07, 6.45) is 8.75. The highest BCUT2D eigenvalue weighted by Gasteiger charge is 2.33. The summed E-state index contributed by atoms with van der Waals surface area (Å²) in [4.78, 5) is 39.3. The molecule has 3 aromatic rings. The number of nitrogens with zero attached hydrogens (tertiary/aromatic N) is 3. The summed E-state index contributed by atoms with van der Waals surface area (Å²) in [5.41, 5.74) is 1.94. The molecular weight excluding hydrogens is 414 g/mol. The van der Waals surface area contributed by atoms with Gasteiger partial charge in [-0.2, -0.15) is 0 Å². The predicted octanol–water partition coefficient (Wildman–Crippen LogP) is 4.88. The lowest BCUT2D eigenvalue weighted by Crippen LogP contribution is -2.41. The Morgan fingerprint density at radius 3 is 2.77 bits per heavy atom. The molecule has 30 heavy (non-hydrogen) atoms. The first-order valence-corrected chi connectivity index (χ1v) is 12.2. The van der Waals surface area contributed by atoms with E-state index in [2.05, 4.69) is 9.97 Å². The van der Waals surface area contributed by atoms with Gasteiger partial charge in [-0.05, 0) is 56.2 Å². The summed E-state index contributed by atoms with van der Waals surface area (Å²) in [6, 6.07) is 9.09. The zero-order valence-electron chi connectivity index (χ0n) is 16.7. The second-order valence-corrected chi connectivity index (χ2v) is 10.1. The van der Waals surface area contributed by atoms with Crippen molar-refractivity contribution in [2.45, 2.75) is 55.2 Å². The minimum atomic E-state index is -0.294. The Morgan fingerprint density at radius 2 is 1.90 bits per heavy atom. The quantitative estimate of drug-likeness (QED) is 0.431. The van der Waals surface area contributed by atoms with Crippen LogP contribution in [-0.4, -0.2) is 38.5 Å². The Balaban J connectivity index is 1.45. The van der Waals surface area contributed by atoms with Gasteiger partial charge in [0.2, 0.25) is 5.91 Å². The van der Waals surface area contributed by atoms with Crippen molar-refractivity contribution in [1.82, 2.24) is 14.9 Å². The molecule has 1 aliphatic carbocycles. The summed E-state index contributed by atoms with van der Waals surface area (Å²) in [5.74, 6) is -0.295. The molecule has 0 radical (unpaired) electrons. The summed E-state index contributed by atoms with van der Waals surface area (Å²) in [7, 11) is 0. The zero-order valence-corrected chi connectivity index (χ0v) is 18.3. The smallest absolute Gasteiger partial charge is 0.260 e. The third kappa shape index (κ3) is 3.65. The number of benzene rings is 1. The minimum absolute atomic E-state index is 0.0952. The Kier molecular flexibility index (Phi) is 5.56. The lowest BCUT2D eigenvalue weighted by Gasteiger charge is -2.22. The third-order valence-electron chi connectivity index (χ3n) is 5.88. The van der Waals surface area contributed by atoms with Gasteiger partial charge in [-0.3, -0.25) is 14.5 Å². The van der Waals surface area contributed by atoms with Crippen molar-refractivity contribution < 1.29 is 9.59 Å². The molecule has 7 heteroatoms. The lowest BCUT2D eigenvalue weighted by molar-refractivity contribution is -0.127. The van der Waals surface area contributed by atoms with E-state index in [9.17, 15) is 9.59 Å². The van der Waals surface area contributed by atoms with Crippen LogP contribution in [-0.2, 0) is 17.6 Å². The van der Waals surface area contributed by atoms with E-state index >= 15 is 0 Å². The molecule has 5 nitrogen and oxygen atoms in total. The SMILES string of the molecule is O=C(c1ccccc1)N1CCCC[C@@H](Sc2ncnc3sc4c(c23)CCCC4)C1=O. The Morgan fingerprint density at radius 1 is 1.07 bits per heavy atom. The maximum absolute atomic E-state index is 13.4. The fourth-order valence-electron chi connectivity index (χ4n) is 4.34. The number of thiophene rings is 1. The van der Waals surface area contributed by atoms with Gasteiger partial charge in [-0.25, -0.2) is 9.97 Å². The van der Waals surface area contributed by atoms with E-state index in [-0.39, 0.29) is 17.1 Å². The van der Waals surface area contributed by atoms with Crippen LogP contribution in [0, 0.1) is 0 Å². The maximum Gasteiger partial charge on any atom is 0.260 e. The molecule has 1 atom stereocenters. The van der Waals surface area contributed by atoms with Crippen LogP contribution >= 0.6 is 23.1 Å². The number of hydrogen-bond donors (Lipinski definition) is 0. The second kappa shape index (κ2) is 8.47. The summed E-state index contributed by atoms with van der Waals surface area (Å²) >= 11 is 3.29. The average Bonchev–Trinajstić information content (AvgIpc) is 3.08. The highest BCUT2D eigenvalue weighted by Crippen LogP contribution is 2.41. The average molecular weight is 438 g/mol. The molecule has 0 N–H and O–H groups in total. The first kappa shape index (κ1) is 19.7. The number of carbonyl (C=O) groups is 2. The molecule has 0 bridgehead atoms. The molecule has 0 spiro atoms. The van der Waals surface area contributed by atoms with Gasteiger partial charge >= 0.3 is 0 Å². The van der Waals surface area contributed by atoms with E-state index < -0.39 is 0 Å². The van der Waals surface area contributed by atoms with E-state index in [0.29, 0.717) is 12.1 Å². The van der Waals surface area contributed by atoms with E-state index in [1.54, 1.807) is 29.8 Å². The molecule has 2 aromatic heterocycles.